The van der Waals surface area contributed by atoms with E-state index < -0.39 is 18.1 Å². The van der Waals surface area contributed by atoms with Crippen LogP contribution < -0.4 is 15.0 Å². The molecule has 0 saturated heterocycles. The third kappa shape index (κ3) is 7.71. The van der Waals surface area contributed by atoms with E-state index >= 15 is 0 Å². The lowest BCUT2D eigenvalue weighted by Crippen LogP contribution is -2.42. The van der Waals surface area contributed by atoms with Gasteiger partial charge in [-0.15, -0.1) is 0 Å². The Bertz CT molecular complexity index is 541. The largest absolute Gasteiger partial charge is 0.480 e. The fourth-order valence-electron chi connectivity index (χ4n) is 2.32. The second kappa shape index (κ2) is 12.1. The Morgan fingerprint density at radius 3 is 2.15 bits per heavy atom. The van der Waals surface area contributed by atoms with Crippen LogP contribution in [0.2, 0.25) is 0 Å². The number of carboxylic acids is 1. The van der Waals surface area contributed by atoms with Crippen molar-refractivity contribution in [1.29, 1.82) is 0 Å². The molecule has 0 spiro atoms. The molecular formula is C18H28N2O6. The molecule has 0 saturated carbocycles. The predicted molar refractivity (Wildman–Crippen MR) is 97.9 cm³/mol. The lowest BCUT2D eigenvalue weighted by molar-refractivity contribution is -0.139. The quantitative estimate of drug-likeness (QED) is 0.583. The summed E-state index contributed by atoms with van der Waals surface area (Å²) in [6.45, 7) is 4.42. The maximum Gasteiger partial charge on any atom is 0.413 e. The van der Waals surface area contributed by atoms with E-state index in [0.29, 0.717) is 44.9 Å². The highest BCUT2D eigenvalue weighted by atomic mass is 16.6. The van der Waals surface area contributed by atoms with E-state index in [0.717, 1.165) is 5.69 Å². The first-order valence-corrected chi connectivity index (χ1v) is 8.55. The number of nitrogens with zero attached hydrogens (tertiary/aromatic N) is 1. The van der Waals surface area contributed by atoms with Crippen LogP contribution >= 0.6 is 0 Å². The minimum absolute atomic E-state index is 0.338. The number of hydrogen-bond donors (Lipinski definition) is 2. The molecule has 0 bridgehead atoms. The van der Waals surface area contributed by atoms with Gasteiger partial charge in [0.05, 0.1) is 13.2 Å². The zero-order valence-electron chi connectivity index (χ0n) is 15.6. The van der Waals surface area contributed by atoms with Crippen LogP contribution in [-0.2, 0) is 14.3 Å². The van der Waals surface area contributed by atoms with Crippen molar-refractivity contribution in [2.45, 2.75) is 25.8 Å². The van der Waals surface area contributed by atoms with Crippen LogP contribution in [0.3, 0.4) is 0 Å². The van der Waals surface area contributed by atoms with Crippen LogP contribution in [0.25, 0.3) is 0 Å². The molecule has 1 rings (SSSR count). The Labute approximate surface area is 154 Å². The third-order valence-corrected chi connectivity index (χ3v) is 3.71. The molecule has 0 aromatic heterocycles. The van der Waals surface area contributed by atoms with Gasteiger partial charge < -0.3 is 29.5 Å². The molecule has 0 radical (unpaired) electrons. The van der Waals surface area contributed by atoms with Crippen LogP contribution in [0.15, 0.2) is 24.3 Å². The minimum Gasteiger partial charge on any atom is -0.480 e. The van der Waals surface area contributed by atoms with Gasteiger partial charge >= 0.3 is 12.1 Å². The highest BCUT2D eigenvalue weighted by molar-refractivity contribution is 5.80. The molecule has 0 aliphatic rings. The maximum absolute atomic E-state index is 11.9. The van der Waals surface area contributed by atoms with Gasteiger partial charge in [-0.05, 0) is 30.7 Å². The van der Waals surface area contributed by atoms with Crippen molar-refractivity contribution in [2.24, 2.45) is 0 Å². The third-order valence-electron chi connectivity index (χ3n) is 3.71. The average Bonchev–Trinajstić information content (AvgIpc) is 2.62. The number of carbonyl (C=O) groups excluding carboxylic acids is 1. The van der Waals surface area contributed by atoms with E-state index in [1.165, 1.54) is 0 Å². The highest BCUT2D eigenvalue weighted by Gasteiger charge is 2.19. The minimum atomic E-state index is -1.08. The summed E-state index contributed by atoms with van der Waals surface area (Å²) >= 11 is 0. The second-order valence-electron chi connectivity index (χ2n) is 5.68. The summed E-state index contributed by atoms with van der Waals surface area (Å²) in [5.41, 5.74) is 0.946. The Kier molecular flexibility index (Phi) is 10.1. The number of benzene rings is 1. The number of rotatable bonds is 12. The summed E-state index contributed by atoms with van der Waals surface area (Å²) in [6.07, 6.45) is 0.205. The van der Waals surface area contributed by atoms with Crippen molar-refractivity contribution in [3.8, 4) is 5.75 Å². The van der Waals surface area contributed by atoms with Crippen molar-refractivity contribution in [3.63, 3.8) is 0 Å². The number of anilines is 1. The van der Waals surface area contributed by atoms with E-state index in [-0.39, 0.29) is 0 Å². The normalized spacial score (nSPS) is 11.7. The molecule has 1 atom stereocenters. The summed E-state index contributed by atoms with van der Waals surface area (Å²) in [5.74, 6) is -0.739. The molecule has 26 heavy (non-hydrogen) atoms. The fraction of sp³-hybridized carbons (Fsp3) is 0.556. The van der Waals surface area contributed by atoms with Crippen molar-refractivity contribution in [2.75, 3.05) is 45.4 Å². The predicted octanol–water partition coefficient (Wildman–Crippen LogP) is 2.13. The Hall–Kier alpha value is -2.32. The number of carboxylic acid groups (broad SMARTS) is 1. The van der Waals surface area contributed by atoms with Gasteiger partial charge in [0.1, 0.15) is 11.8 Å². The van der Waals surface area contributed by atoms with Crippen LogP contribution in [0.5, 0.6) is 5.75 Å². The zero-order chi connectivity index (χ0) is 19.4. The summed E-state index contributed by atoms with van der Waals surface area (Å²) < 4.78 is 15.4. The lowest BCUT2D eigenvalue weighted by atomic mass is 10.2. The van der Waals surface area contributed by atoms with Crippen molar-refractivity contribution in [1.82, 2.24) is 5.32 Å². The van der Waals surface area contributed by atoms with Crippen molar-refractivity contribution >= 4 is 17.7 Å². The molecule has 1 aromatic rings. The monoisotopic (exact) mass is 368 g/mol. The second-order valence-corrected chi connectivity index (χ2v) is 5.68. The maximum atomic E-state index is 11.9. The van der Waals surface area contributed by atoms with E-state index in [4.69, 9.17) is 19.3 Å². The van der Waals surface area contributed by atoms with E-state index in [9.17, 15) is 9.59 Å². The Morgan fingerprint density at radius 1 is 1.12 bits per heavy atom. The summed E-state index contributed by atoms with van der Waals surface area (Å²) in [6, 6.07) is 6.03. The highest BCUT2D eigenvalue weighted by Crippen LogP contribution is 2.19. The van der Waals surface area contributed by atoms with Crippen molar-refractivity contribution in [3.05, 3.63) is 24.3 Å². The van der Waals surface area contributed by atoms with Crippen LogP contribution in [0, 0.1) is 0 Å². The lowest BCUT2D eigenvalue weighted by Gasteiger charge is -2.24. The van der Waals surface area contributed by atoms with Crippen molar-refractivity contribution < 1.29 is 28.9 Å². The number of methoxy groups -OCH3 is 2. The van der Waals surface area contributed by atoms with Gasteiger partial charge in [0, 0.05) is 33.0 Å². The van der Waals surface area contributed by atoms with Gasteiger partial charge in [-0.2, -0.15) is 0 Å². The van der Waals surface area contributed by atoms with Gasteiger partial charge in [0.15, 0.2) is 0 Å². The molecule has 8 nitrogen and oxygen atoms in total. The van der Waals surface area contributed by atoms with Gasteiger partial charge in [-0.3, -0.25) is 0 Å². The molecule has 0 heterocycles. The summed E-state index contributed by atoms with van der Waals surface area (Å²) in [5, 5.41) is 11.4. The van der Waals surface area contributed by atoms with Crippen LogP contribution in [0.4, 0.5) is 10.5 Å². The summed E-state index contributed by atoms with van der Waals surface area (Å²) in [7, 11) is 3.29. The topological polar surface area (TPSA) is 97.3 Å². The van der Waals surface area contributed by atoms with E-state index in [1.807, 2.05) is 19.1 Å². The standard InChI is InChI=1S/C18H28N2O6/c1-4-5-16(17(21)22)19-18(23)26-15-8-6-14(7-9-15)20(10-12-24-2)11-13-25-3/h6-9,16H,4-5,10-13H2,1-3H3,(H,19,23)(H,21,22)/t16-/m0/s1. The number of hydrogen-bond acceptors (Lipinski definition) is 6. The molecular weight excluding hydrogens is 340 g/mol. The van der Waals surface area contributed by atoms with Gasteiger partial charge in [0.2, 0.25) is 0 Å². The molecule has 0 aliphatic heterocycles. The van der Waals surface area contributed by atoms with Crippen LogP contribution in [-0.4, -0.2) is 63.7 Å². The molecule has 146 valence electrons. The molecule has 1 aromatic carbocycles. The molecule has 1 amide bonds. The molecule has 0 aliphatic carbocycles. The average molecular weight is 368 g/mol. The smallest absolute Gasteiger partial charge is 0.413 e. The first-order chi connectivity index (χ1) is 12.5. The number of ether oxygens (including phenoxy) is 3. The Balaban J connectivity index is 2.66. The molecule has 0 unspecified atom stereocenters. The molecule has 2 N–H and O–H groups in total. The van der Waals surface area contributed by atoms with Gasteiger partial charge in [0.25, 0.3) is 0 Å². The molecule has 0 fully saturated rings. The fourth-order valence-corrected chi connectivity index (χ4v) is 2.32. The van der Waals surface area contributed by atoms with E-state index in [1.54, 1.807) is 26.4 Å². The SMILES string of the molecule is CCC[C@H](NC(=O)Oc1ccc(N(CCOC)CCOC)cc1)C(=O)O. The summed E-state index contributed by atoms with van der Waals surface area (Å²) in [4.78, 5) is 25.0. The number of amides is 1. The van der Waals surface area contributed by atoms with Crippen LogP contribution in [0.1, 0.15) is 19.8 Å². The molecule has 8 heteroatoms. The van der Waals surface area contributed by atoms with Gasteiger partial charge in [-0.25, -0.2) is 9.59 Å². The number of aliphatic carboxylic acids is 1. The zero-order valence-corrected chi connectivity index (χ0v) is 15.6. The first kappa shape index (κ1) is 21.7. The number of nitrogens with one attached hydrogen (secondary N) is 1. The van der Waals surface area contributed by atoms with E-state index in [2.05, 4.69) is 10.2 Å². The Morgan fingerprint density at radius 2 is 1.69 bits per heavy atom. The number of carbonyl (C=O) groups is 2. The first-order valence-electron chi connectivity index (χ1n) is 8.55. The van der Waals surface area contributed by atoms with Gasteiger partial charge in [-0.1, -0.05) is 13.3 Å².